The number of likely N-dealkylation sites (tertiary alicyclic amines) is 1. The number of rotatable bonds is 5. The van der Waals surface area contributed by atoms with Gasteiger partial charge in [-0.05, 0) is 19.3 Å². The van der Waals surface area contributed by atoms with Gasteiger partial charge in [0.15, 0.2) is 0 Å². The van der Waals surface area contributed by atoms with Crippen LogP contribution < -0.4 is 5.32 Å². The maximum absolute atomic E-state index is 11.7. The van der Waals surface area contributed by atoms with Gasteiger partial charge in [0.2, 0.25) is 0 Å². The first kappa shape index (κ1) is 14.4. The van der Waals surface area contributed by atoms with E-state index in [4.69, 9.17) is 5.11 Å². The summed E-state index contributed by atoms with van der Waals surface area (Å²) in [5.41, 5.74) is 0. The van der Waals surface area contributed by atoms with Crippen molar-refractivity contribution in [3.8, 4) is 0 Å². The summed E-state index contributed by atoms with van der Waals surface area (Å²) < 4.78 is 4.59. The molecule has 7 nitrogen and oxygen atoms in total. The van der Waals surface area contributed by atoms with Crippen LogP contribution in [0.1, 0.15) is 26.2 Å². The number of aliphatic carboxylic acids is 1. The normalized spacial score (nSPS) is 18.7. The van der Waals surface area contributed by atoms with E-state index in [-0.39, 0.29) is 6.04 Å². The highest BCUT2D eigenvalue weighted by Crippen LogP contribution is 2.19. The number of urea groups is 1. The van der Waals surface area contributed by atoms with E-state index in [2.05, 4.69) is 10.1 Å². The molecule has 0 aromatic rings. The molecule has 1 atom stereocenters. The molecule has 0 aliphatic carbocycles. The number of carbonyl (C=O) groups is 3. The van der Waals surface area contributed by atoms with Crippen molar-refractivity contribution in [2.24, 2.45) is 0 Å². The van der Waals surface area contributed by atoms with Crippen LogP contribution in [0, 0.1) is 0 Å². The van der Waals surface area contributed by atoms with E-state index in [1.807, 2.05) is 6.92 Å². The average Bonchev–Trinajstić information content (AvgIpc) is 2.76. The molecule has 18 heavy (non-hydrogen) atoms. The van der Waals surface area contributed by atoms with Crippen LogP contribution >= 0.6 is 0 Å². The van der Waals surface area contributed by atoms with Gasteiger partial charge >= 0.3 is 12.0 Å². The highest BCUT2D eigenvalue weighted by molar-refractivity contribution is 5.95. The summed E-state index contributed by atoms with van der Waals surface area (Å²) in [7, 11) is 0. The van der Waals surface area contributed by atoms with E-state index in [1.165, 1.54) is 0 Å². The van der Waals surface area contributed by atoms with Gasteiger partial charge in [0.1, 0.15) is 13.2 Å². The topological polar surface area (TPSA) is 95.9 Å². The van der Waals surface area contributed by atoms with Crippen molar-refractivity contribution in [3.63, 3.8) is 0 Å². The van der Waals surface area contributed by atoms with Gasteiger partial charge in [-0.1, -0.05) is 6.92 Å². The molecule has 0 spiro atoms. The van der Waals surface area contributed by atoms with E-state index in [1.54, 1.807) is 4.90 Å². The number of imide groups is 1. The van der Waals surface area contributed by atoms with Crippen LogP contribution in [0.3, 0.4) is 0 Å². The van der Waals surface area contributed by atoms with E-state index < -0.39 is 31.1 Å². The summed E-state index contributed by atoms with van der Waals surface area (Å²) in [6, 6.07) is -0.249. The fraction of sp³-hybridized carbons (Fsp3) is 0.727. The Hall–Kier alpha value is -1.63. The molecule has 0 aromatic carbocycles. The van der Waals surface area contributed by atoms with Crippen molar-refractivity contribution < 1.29 is 24.2 Å². The lowest BCUT2D eigenvalue weighted by atomic mass is 10.2. The lowest BCUT2D eigenvalue weighted by molar-refractivity contribution is -0.143. The minimum atomic E-state index is -1.15. The molecule has 102 valence electrons. The number of hydrogen-bond acceptors (Lipinski definition) is 4. The van der Waals surface area contributed by atoms with Gasteiger partial charge in [0, 0.05) is 12.6 Å². The molecule has 1 heterocycles. The molecule has 1 aliphatic heterocycles. The van der Waals surface area contributed by atoms with Gasteiger partial charge < -0.3 is 14.7 Å². The number of ether oxygens (including phenoxy) is 1. The minimum absolute atomic E-state index is 0.178. The van der Waals surface area contributed by atoms with Crippen LogP contribution in [0.15, 0.2) is 0 Å². The quantitative estimate of drug-likeness (QED) is 0.734. The first-order chi connectivity index (χ1) is 8.54. The second-order valence-electron chi connectivity index (χ2n) is 4.14. The fourth-order valence-electron chi connectivity index (χ4n) is 1.99. The van der Waals surface area contributed by atoms with Gasteiger partial charge in [-0.3, -0.25) is 10.1 Å². The van der Waals surface area contributed by atoms with Crippen LogP contribution in [0.2, 0.25) is 0 Å². The van der Waals surface area contributed by atoms with E-state index >= 15 is 0 Å². The number of carbonyl (C=O) groups excluding carboxylic acids is 2. The summed E-state index contributed by atoms with van der Waals surface area (Å²) >= 11 is 0. The Morgan fingerprint density at radius 2 is 2.11 bits per heavy atom. The van der Waals surface area contributed by atoms with Crippen molar-refractivity contribution in [1.29, 1.82) is 0 Å². The molecule has 1 rings (SSSR count). The lowest BCUT2D eigenvalue weighted by Crippen LogP contribution is -2.46. The maximum atomic E-state index is 11.7. The molecule has 1 unspecified atom stereocenters. The summed E-state index contributed by atoms with van der Waals surface area (Å²) in [4.78, 5) is 34.9. The predicted octanol–water partition coefficient (Wildman–Crippen LogP) is 0.198. The van der Waals surface area contributed by atoms with Crippen LogP contribution in [-0.2, 0) is 14.3 Å². The molecule has 0 saturated carbocycles. The van der Waals surface area contributed by atoms with Crippen LogP contribution in [0.4, 0.5) is 4.79 Å². The third-order valence-corrected chi connectivity index (χ3v) is 2.81. The van der Waals surface area contributed by atoms with Gasteiger partial charge in [-0.15, -0.1) is 0 Å². The van der Waals surface area contributed by atoms with Gasteiger partial charge in [0.05, 0.1) is 0 Å². The van der Waals surface area contributed by atoms with Gasteiger partial charge in [-0.25, -0.2) is 9.59 Å². The van der Waals surface area contributed by atoms with Crippen molar-refractivity contribution in [2.75, 3.05) is 19.8 Å². The Morgan fingerprint density at radius 3 is 2.72 bits per heavy atom. The summed E-state index contributed by atoms with van der Waals surface area (Å²) in [5.74, 6) is -1.78. The van der Waals surface area contributed by atoms with E-state index in [0.717, 1.165) is 19.3 Å². The number of nitrogens with zero attached hydrogens (tertiary/aromatic N) is 1. The van der Waals surface area contributed by atoms with Gasteiger partial charge in [-0.2, -0.15) is 0 Å². The molecule has 3 amide bonds. The average molecular weight is 258 g/mol. The molecule has 0 aromatic heterocycles. The van der Waals surface area contributed by atoms with Crippen molar-refractivity contribution in [1.82, 2.24) is 10.2 Å². The molecule has 1 fully saturated rings. The zero-order valence-electron chi connectivity index (χ0n) is 10.3. The Labute approximate surface area is 105 Å². The molecule has 0 bridgehead atoms. The van der Waals surface area contributed by atoms with Crippen LogP contribution in [0.25, 0.3) is 0 Å². The standard InChI is InChI=1S/C11H18N2O5/c1-2-8-4-3-5-13(8)11(17)12-9(14)6-18-7-10(15)16/h8H,2-7H2,1H3,(H,15,16)(H,12,14,17). The van der Waals surface area contributed by atoms with Crippen molar-refractivity contribution >= 4 is 17.9 Å². The molecule has 0 radical (unpaired) electrons. The first-order valence-electron chi connectivity index (χ1n) is 5.94. The number of hydrogen-bond donors (Lipinski definition) is 2. The molecule has 7 heteroatoms. The van der Waals surface area contributed by atoms with E-state index in [0.29, 0.717) is 6.54 Å². The Balaban J connectivity index is 2.30. The predicted molar refractivity (Wildman–Crippen MR) is 62.0 cm³/mol. The molecule has 2 N–H and O–H groups in total. The molecular formula is C11H18N2O5. The number of amides is 3. The minimum Gasteiger partial charge on any atom is -0.480 e. The zero-order chi connectivity index (χ0) is 13.5. The SMILES string of the molecule is CCC1CCCN1C(=O)NC(=O)COCC(=O)O. The number of carboxylic acids is 1. The first-order valence-corrected chi connectivity index (χ1v) is 5.94. The second-order valence-corrected chi connectivity index (χ2v) is 4.14. The largest absolute Gasteiger partial charge is 0.480 e. The molecule has 1 saturated heterocycles. The van der Waals surface area contributed by atoms with Crippen LogP contribution in [-0.4, -0.2) is 53.7 Å². The highest BCUT2D eigenvalue weighted by Gasteiger charge is 2.28. The molecular weight excluding hydrogens is 240 g/mol. The monoisotopic (exact) mass is 258 g/mol. The zero-order valence-corrected chi connectivity index (χ0v) is 10.3. The summed E-state index contributed by atoms with van der Waals surface area (Å²) in [5, 5.41) is 10.5. The highest BCUT2D eigenvalue weighted by atomic mass is 16.5. The third kappa shape index (κ3) is 4.33. The smallest absolute Gasteiger partial charge is 0.329 e. The maximum Gasteiger partial charge on any atom is 0.329 e. The third-order valence-electron chi connectivity index (χ3n) is 2.81. The fourth-order valence-corrected chi connectivity index (χ4v) is 1.99. The number of carboxylic acid groups (broad SMARTS) is 1. The van der Waals surface area contributed by atoms with Crippen molar-refractivity contribution in [2.45, 2.75) is 32.2 Å². The lowest BCUT2D eigenvalue weighted by Gasteiger charge is -2.23. The summed E-state index contributed by atoms with van der Waals surface area (Å²) in [6.07, 6.45) is 2.75. The van der Waals surface area contributed by atoms with Gasteiger partial charge in [0.25, 0.3) is 5.91 Å². The Kier molecular flexibility index (Phi) is 5.57. The molecule has 1 aliphatic rings. The Morgan fingerprint density at radius 1 is 1.39 bits per heavy atom. The van der Waals surface area contributed by atoms with Crippen LogP contribution in [0.5, 0.6) is 0 Å². The van der Waals surface area contributed by atoms with Crippen molar-refractivity contribution in [3.05, 3.63) is 0 Å². The second kappa shape index (κ2) is 6.95. The Bertz CT molecular complexity index is 331. The van der Waals surface area contributed by atoms with E-state index in [9.17, 15) is 14.4 Å². The summed E-state index contributed by atoms with van der Waals surface area (Å²) in [6.45, 7) is 1.66. The number of nitrogens with one attached hydrogen (secondary N) is 1.